The molecule has 0 aliphatic heterocycles. The van der Waals surface area contributed by atoms with Gasteiger partial charge in [-0.2, -0.15) is 13.2 Å². The first-order valence-electron chi connectivity index (χ1n) is 9.54. The summed E-state index contributed by atoms with van der Waals surface area (Å²) >= 11 is 0. The molecule has 0 aliphatic carbocycles. The first-order chi connectivity index (χ1) is 14.1. The Bertz CT molecular complexity index is 917. The number of hydrogen-bond donors (Lipinski definition) is 0. The van der Waals surface area contributed by atoms with Crippen LogP contribution >= 0.6 is 0 Å². The Morgan fingerprint density at radius 3 is 1.58 bits per heavy atom. The molecule has 2 aromatic rings. The Balaban J connectivity index is 2.41. The van der Waals surface area contributed by atoms with Crippen molar-refractivity contribution in [3.63, 3.8) is 0 Å². The molecule has 0 atom stereocenters. The highest BCUT2D eigenvalue weighted by atomic mass is 32.2. The number of hydrogen-bond acceptors (Lipinski definition) is 3. The molecule has 0 saturated carbocycles. The lowest BCUT2D eigenvalue weighted by Gasteiger charge is -2.43. The highest BCUT2D eigenvalue weighted by Gasteiger charge is 2.52. The van der Waals surface area contributed by atoms with Crippen LogP contribution in [0.3, 0.4) is 0 Å². The Morgan fingerprint density at radius 2 is 1.23 bits per heavy atom. The second kappa shape index (κ2) is 8.99. The largest absolute Gasteiger partial charge is 0.497 e. The van der Waals surface area contributed by atoms with Crippen LogP contribution in [0.1, 0.15) is 27.2 Å². The zero-order valence-corrected chi connectivity index (χ0v) is 19.2. The van der Waals surface area contributed by atoms with E-state index in [9.17, 15) is 30.4 Å². The molecule has 0 heterocycles. The van der Waals surface area contributed by atoms with E-state index in [1.54, 1.807) is 60.7 Å². The predicted octanol–water partition coefficient (Wildman–Crippen LogP) is 4.52. The molecular weight excluding hydrogens is 455 g/mol. The summed E-state index contributed by atoms with van der Waals surface area (Å²) in [6.45, 7) is 4.41. The smallest absolute Gasteiger partial charge is 0.401 e. The van der Waals surface area contributed by atoms with Crippen LogP contribution in [0.2, 0.25) is 5.04 Å². The topological polar surface area (TPSA) is 43.4 Å². The summed E-state index contributed by atoms with van der Waals surface area (Å²) in [7, 11) is -8.96. The fraction of sp³-hybridized carbons (Fsp3) is 0.429. The van der Waals surface area contributed by atoms with Gasteiger partial charge in [0.2, 0.25) is 9.84 Å². The van der Waals surface area contributed by atoms with Crippen LogP contribution in [0.15, 0.2) is 60.7 Å². The van der Waals surface area contributed by atoms with Gasteiger partial charge in [-0.1, -0.05) is 81.4 Å². The molecule has 0 saturated heterocycles. The fourth-order valence-electron chi connectivity index (χ4n) is 3.45. The number of rotatable bonds is 8. The third kappa shape index (κ3) is 5.72. The second-order valence-electron chi connectivity index (χ2n) is 8.32. The summed E-state index contributed by atoms with van der Waals surface area (Å²) in [5.74, 6) is -5.46. The van der Waals surface area contributed by atoms with Crippen LogP contribution in [0.25, 0.3) is 0 Å². The van der Waals surface area contributed by atoms with Gasteiger partial charge in [-0.05, 0) is 15.4 Å². The maximum absolute atomic E-state index is 14.6. The van der Waals surface area contributed by atoms with Gasteiger partial charge in [-0.3, -0.25) is 0 Å². The van der Waals surface area contributed by atoms with Crippen LogP contribution in [0, 0.1) is 0 Å². The predicted molar refractivity (Wildman–Crippen MR) is 113 cm³/mol. The maximum Gasteiger partial charge on any atom is 0.497 e. The Hall–Kier alpha value is -1.78. The van der Waals surface area contributed by atoms with Gasteiger partial charge in [0, 0.05) is 6.42 Å². The van der Waals surface area contributed by atoms with E-state index in [1.165, 1.54) is 0 Å². The van der Waals surface area contributed by atoms with Gasteiger partial charge in [0.25, 0.3) is 14.2 Å². The lowest BCUT2D eigenvalue weighted by molar-refractivity contribution is -0.0524. The van der Waals surface area contributed by atoms with Crippen molar-refractivity contribution in [3.05, 3.63) is 60.7 Å². The lowest BCUT2D eigenvalue weighted by atomic mass is 10.2. The molecule has 2 aromatic carbocycles. The Kier molecular flexibility index (Phi) is 7.39. The molecule has 172 valence electrons. The highest BCUT2D eigenvalue weighted by Crippen LogP contribution is 2.38. The summed E-state index contributed by atoms with van der Waals surface area (Å²) in [4.78, 5) is 0. The number of benzene rings is 2. The summed E-state index contributed by atoms with van der Waals surface area (Å²) in [6.07, 6.45) is -1.48. The molecule has 0 bridgehead atoms. The zero-order chi connectivity index (χ0) is 23.6. The van der Waals surface area contributed by atoms with Crippen molar-refractivity contribution in [2.24, 2.45) is 0 Å². The van der Waals surface area contributed by atoms with Gasteiger partial charge in [0.05, 0.1) is 12.4 Å². The average Bonchev–Trinajstić information content (AvgIpc) is 2.67. The van der Waals surface area contributed by atoms with Crippen LogP contribution in [0.4, 0.5) is 22.0 Å². The molecular formula is C21H25F5O3SSi. The molecule has 0 aromatic heterocycles. The van der Waals surface area contributed by atoms with Crippen molar-refractivity contribution in [3.8, 4) is 0 Å². The summed E-state index contributed by atoms with van der Waals surface area (Å²) in [6, 6.07) is 17.8. The number of alkyl halides is 5. The summed E-state index contributed by atoms with van der Waals surface area (Å²) in [5, 5.41) is 0.851. The molecule has 31 heavy (non-hydrogen) atoms. The minimum atomic E-state index is -5.64. The van der Waals surface area contributed by atoms with Gasteiger partial charge < -0.3 is 4.43 Å². The van der Waals surface area contributed by atoms with E-state index in [2.05, 4.69) is 0 Å². The van der Waals surface area contributed by atoms with E-state index >= 15 is 0 Å². The van der Waals surface area contributed by atoms with Gasteiger partial charge in [-0.15, -0.1) is 0 Å². The van der Waals surface area contributed by atoms with Crippen molar-refractivity contribution in [1.29, 1.82) is 0 Å². The third-order valence-electron chi connectivity index (χ3n) is 5.01. The quantitative estimate of drug-likeness (QED) is 0.412. The second-order valence-corrected chi connectivity index (χ2v) is 14.7. The molecule has 2 rings (SSSR count). The van der Waals surface area contributed by atoms with Crippen LogP contribution in [-0.2, 0) is 14.3 Å². The van der Waals surface area contributed by atoms with E-state index in [4.69, 9.17) is 4.43 Å². The third-order valence-corrected chi connectivity index (χ3v) is 11.4. The molecule has 0 unspecified atom stereocenters. The zero-order valence-electron chi connectivity index (χ0n) is 17.4. The molecule has 3 nitrogen and oxygen atoms in total. The first kappa shape index (κ1) is 25.5. The van der Waals surface area contributed by atoms with Crippen LogP contribution in [0.5, 0.6) is 0 Å². The van der Waals surface area contributed by atoms with E-state index in [1.807, 2.05) is 20.8 Å². The lowest BCUT2D eigenvalue weighted by Crippen LogP contribution is -2.67. The van der Waals surface area contributed by atoms with Gasteiger partial charge in [0.15, 0.2) is 0 Å². The highest BCUT2D eigenvalue weighted by molar-refractivity contribution is 7.92. The van der Waals surface area contributed by atoms with Gasteiger partial charge >= 0.3 is 5.51 Å². The molecule has 0 spiro atoms. The first-order valence-corrected chi connectivity index (χ1v) is 13.1. The van der Waals surface area contributed by atoms with Crippen LogP contribution < -0.4 is 10.4 Å². The van der Waals surface area contributed by atoms with Crippen molar-refractivity contribution in [1.82, 2.24) is 0 Å². The maximum atomic E-state index is 14.6. The van der Waals surface area contributed by atoms with E-state index in [0.29, 0.717) is 0 Å². The summed E-state index contributed by atoms with van der Waals surface area (Å²) in [5.41, 5.74) is -5.57. The Morgan fingerprint density at radius 1 is 0.806 bits per heavy atom. The van der Waals surface area contributed by atoms with E-state index < -0.39 is 53.4 Å². The summed E-state index contributed by atoms with van der Waals surface area (Å²) < 4.78 is 95.1. The molecule has 0 radical (unpaired) electrons. The van der Waals surface area contributed by atoms with Crippen molar-refractivity contribution >= 4 is 28.5 Å². The number of sulfone groups is 1. The van der Waals surface area contributed by atoms with Crippen LogP contribution in [-0.4, -0.2) is 40.5 Å². The van der Waals surface area contributed by atoms with Crippen molar-refractivity contribution in [2.75, 3.05) is 12.4 Å². The average molecular weight is 481 g/mol. The SMILES string of the molecule is CC(C)(C)[Si](OCC(F)(F)CCS(=O)(=O)C(F)(F)F)(c1ccccc1)c1ccccc1. The normalized spacial score (nSPS) is 13.9. The molecule has 0 N–H and O–H groups in total. The van der Waals surface area contributed by atoms with E-state index in [-0.39, 0.29) is 0 Å². The molecule has 0 fully saturated rings. The Labute approximate surface area is 180 Å². The minimum absolute atomic E-state index is 0.607. The molecule has 10 heteroatoms. The van der Waals surface area contributed by atoms with Crippen molar-refractivity contribution < 1.29 is 34.8 Å². The minimum Gasteiger partial charge on any atom is -0.401 e. The van der Waals surface area contributed by atoms with Gasteiger partial charge in [-0.25, -0.2) is 17.2 Å². The number of halogens is 5. The molecule has 0 amide bonds. The standard InChI is InChI=1S/C21H25F5O3SSi/c1-19(2,3)31(17-10-6-4-7-11-17,18-12-8-5-9-13-18)29-16-20(22,23)14-15-30(27,28)21(24,25)26/h4-13H,14-16H2,1-3H3. The fourth-order valence-corrected chi connectivity index (χ4v) is 8.83. The monoisotopic (exact) mass is 480 g/mol. The van der Waals surface area contributed by atoms with Crippen molar-refractivity contribution in [2.45, 2.75) is 43.7 Å². The molecule has 0 aliphatic rings. The van der Waals surface area contributed by atoms with Gasteiger partial charge in [0.1, 0.15) is 0 Å². The van der Waals surface area contributed by atoms with E-state index in [0.717, 1.165) is 10.4 Å².